The first-order valence-corrected chi connectivity index (χ1v) is 7.16. The number of halogens is 1. The summed E-state index contributed by atoms with van der Waals surface area (Å²) in [5, 5.41) is 2.08. The van der Waals surface area contributed by atoms with Crippen molar-refractivity contribution in [2.45, 2.75) is 6.04 Å². The first-order valence-electron chi connectivity index (χ1n) is 5.46. The Morgan fingerprint density at radius 1 is 1.11 bits per heavy atom. The molecule has 1 atom stereocenters. The molecule has 0 fully saturated rings. The molecule has 0 aliphatic rings. The summed E-state index contributed by atoms with van der Waals surface area (Å²) in [6.45, 7) is 0. The normalized spacial score (nSPS) is 13.0. The maximum Gasteiger partial charge on any atom is 0.123 e. The van der Waals surface area contributed by atoms with Crippen molar-refractivity contribution in [3.63, 3.8) is 0 Å². The van der Waals surface area contributed by atoms with Crippen LogP contribution in [-0.4, -0.2) is 0 Å². The number of hydrogen-bond acceptors (Lipinski definition) is 4. The lowest BCUT2D eigenvalue weighted by Crippen LogP contribution is -2.28. The average Bonchev–Trinajstić information content (AvgIpc) is 2.93. The Morgan fingerprint density at radius 3 is 2.56 bits per heavy atom. The summed E-state index contributed by atoms with van der Waals surface area (Å²) in [7, 11) is 0. The number of nitrogens with two attached hydrogens (primary N) is 1. The van der Waals surface area contributed by atoms with Gasteiger partial charge in [-0.2, -0.15) is 0 Å². The molecule has 3 rings (SSSR count). The van der Waals surface area contributed by atoms with Crippen LogP contribution < -0.4 is 11.3 Å². The van der Waals surface area contributed by atoms with E-state index in [-0.39, 0.29) is 11.9 Å². The number of hydrazine groups is 1. The summed E-state index contributed by atoms with van der Waals surface area (Å²) in [5.74, 6) is 5.40. The molecule has 0 spiro atoms. The molecular formula is C13H11FN2S2. The minimum atomic E-state index is -0.235. The Hall–Kier alpha value is -1.27. The Kier molecular flexibility index (Phi) is 3.13. The van der Waals surface area contributed by atoms with Crippen molar-refractivity contribution in [1.82, 2.24) is 5.43 Å². The zero-order valence-electron chi connectivity index (χ0n) is 9.39. The molecule has 0 aliphatic carbocycles. The van der Waals surface area contributed by atoms with Crippen LogP contribution in [0.2, 0.25) is 0 Å². The monoisotopic (exact) mass is 278 g/mol. The van der Waals surface area contributed by atoms with Crippen LogP contribution in [0, 0.1) is 5.82 Å². The number of fused-ring (bicyclic) bond motifs is 1. The van der Waals surface area contributed by atoms with Crippen LogP contribution in [-0.2, 0) is 0 Å². The Labute approximate surface area is 112 Å². The summed E-state index contributed by atoms with van der Waals surface area (Å²) in [5.41, 5.74) is 3.76. The van der Waals surface area contributed by atoms with Crippen LogP contribution in [0.15, 0.2) is 41.8 Å². The summed E-state index contributed by atoms with van der Waals surface area (Å²) < 4.78 is 15.4. The van der Waals surface area contributed by atoms with Crippen LogP contribution in [0.3, 0.4) is 0 Å². The highest BCUT2D eigenvalue weighted by Crippen LogP contribution is 2.35. The van der Waals surface area contributed by atoms with Crippen LogP contribution in [0.5, 0.6) is 0 Å². The first-order chi connectivity index (χ1) is 8.78. The average molecular weight is 278 g/mol. The summed E-state index contributed by atoms with van der Waals surface area (Å²) in [4.78, 5) is 1.14. The highest BCUT2D eigenvalue weighted by molar-refractivity contribution is 7.27. The number of nitrogens with one attached hydrogen (secondary N) is 1. The molecule has 0 bridgehead atoms. The highest BCUT2D eigenvalue weighted by atomic mass is 32.1. The fraction of sp³-hybridized carbons (Fsp3) is 0.0769. The third kappa shape index (κ3) is 2.06. The van der Waals surface area contributed by atoms with Gasteiger partial charge in [-0.15, -0.1) is 22.7 Å². The Bertz CT molecular complexity index is 628. The van der Waals surface area contributed by atoms with Crippen molar-refractivity contribution in [3.8, 4) is 0 Å². The van der Waals surface area contributed by atoms with E-state index in [9.17, 15) is 4.39 Å². The molecule has 3 aromatic rings. The van der Waals surface area contributed by atoms with Gasteiger partial charge in [0.05, 0.1) is 6.04 Å². The van der Waals surface area contributed by atoms with Gasteiger partial charge in [0, 0.05) is 14.3 Å². The highest BCUT2D eigenvalue weighted by Gasteiger charge is 2.15. The lowest BCUT2D eigenvalue weighted by molar-refractivity contribution is 0.618. The van der Waals surface area contributed by atoms with Gasteiger partial charge in [-0.25, -0.2) is 9.82 Å². The van der Waals surface area contributed by atoms with Gasteiger partial charge >= 0.3 is 0 Å². The molecule has 5 heteroatoms. The fourth-order valence-electron chi connectivity index (χ4n) is 1.92. The van der Waals surface area contributed by atoms with Crippen molar-refractivity contribution in [1.29, 1.82) is 0 Å². The molecule has 1 aromatic carbocycles. The maximum atomic E-state index is 12.9. The van der Waals surface area contributed by atoms with E-state index in [1.54, 1.807) is 34.8 Å². The van der Waals surface area contributed by atoms with Gasteiger partial charge in [-0.05, 0) is 35.2 Å². The Morgan fingerprint density at radius 2 is 1.89 bits per heavy atom. The zero-order chi connectivity index (χ0) is 12.5. The van der Waals surface area contributed by atoms with Crippen LogP contribution >= 0.6 is 22.7 Å². The predicted molar refractivity (Wildman–Crippen MR) is 75.3 cm³/mol. The molecule has 3 N–H and O–H groups in total. The van der Waals surface area contributed by atoms with Gasteiger partial charge in [0.25, 0.3) is 0 Å². The van der Waals surface area contributed by atoms with E-state index >= 15 is 0 Å². The smallest absolute Gasteiger partial charge is 0.123 e. The van der Waals surface area contributed by atoms with Gasteiger partial charge in [0.2, 0.25) is 0 Å². The fourth-order valence-corrected chi connectivity index (χ4v) is 4.13. The maximum absolute atomic E-state index is 12.9. The Balaban J connectivity index is 2.01. The second-order valence-corrected chi connectivity index (χ2v) is 6.01. The van der Waals surface area contributed by atoms with Gasteiger partial charge in [0.15, 0.2) is 0 Å². The van der Waals surface area contributed by atoms with Crippen molar-refractivity contribution < 1.29 is 4.39 Å². The molecule has 0 amide bonds. The molecule has 0 saturated carbocycles. The van der Waals surface area contributed by atoms with Gasteiger partial charge in [0.1, 0.15) is 5.82 Å². The van der Waals surface area contributed by atoms with E-state index in [2.05, 4.69) is 22.9 Å². The molecule has 2 aromatic heterocycles. The van der Waals surface area contributed by atoms with Crippen LogP contribution in [0.25, 0.3) is 9.40 Å². The number of thiophene rings is 2. The summed E-state index contributed by atoms with van der Waals surface area (Å²) in [6.07, 6.45) is 0. The first kappa shape index (κ1) is 11.8. The largest absolute Gasteiger partial charge is 0.271 e. The molecule has 1 unspecified atom stereocenters. The minimum absolute atomic E-state index is 0.0878. The van der Waals surface area contributed by atoms with Crippen LogP contribution in [0.1, 0.15) is 16.5 Å². The number of benzene rings is 1. The van der Waals surface area contributed by atoms with Crippen molar-refractivity contribution in [2.24, 2.45) is 5.84 Å². The molecule has 2 heterocycles. The van der Waals surface area contributed by atoms with E-state index < -0.39 is 0 Å². The van der Waals surface area contributed by atoms with Crippen molar-refractivity contribution >= 4 is 32.1 Å². The molecule has 92 valence electrons. The van der Waals surface area contributed by atoms with E-state index in [0.29, 0.717) is 0 Å². The second kappa shape index (κ2) is 4.78. The SMILES string of the molecule is NNC(c1ccc(F)cc1)c1cc2sccc2s1. The summed E-state index contributed by atoms with van der Waals surface area (Å²) in [6, 6.07) is 10.6. The predicted octanol–water partition coefficient (Wildman–Crippen LogP) is 3.65. The van der Waals surface area contributed by atoms with Crippen LogP contribution in [0.4, 0.5) is 4.39 Å². The standard InChI is InChI=1S/C13H11FN2S2/c14-9-3-1-8(2-4-9)13(16-15)12-7-11-10(18-12)5-6-17-11/h1-7,13,16H,15H2. The minimum Gasteiger partial charge on any atom is -0.271 e. The quantitative estimate of drug-likeness (QED) is 0.567. The molecule has 0 radical (unpaired) electrons. The van der Waals surface area contributed by atoms with Crippen molar-refractivity contribution in [3.05, 3.63) is 58.0 Å². The molecule has 0 aliphatic heterocycles. The number of rotatable bonds is 3. The molecular weight excluding hydrogens is 267 g/mol. The van der Waals surface area contributed by atoms with Gasteiger partial charge in [-0.1, -0.05) is 12.1 Å². The second-order valence-electron chi connectivity index (χ2n) is 3.95. The van der Waals surface area contributed by atoms with E-state index in [0.717, 1.165) is 10.4 Å². The summed E-state index contributed by atoms with van der Waals surface area (Å²) >= 11 is 3.43. The van der Waals surface area contributed by atoms with E-state index in [1.807, 2.05) is 0 Å². The topological polar surface area (TPSA) is 38.0 Å². The third-order valence-electron chi connectivity index (χ3n) is 2.81. The van der Waals surface area contributed by atoms with E-state index in [1.165, 1.54) is 21.5 Å². The van der Waals surface area contributed by atoms with Crippen molar-refractivity contribution in [2.75, 3.05) is 0 Å². The molecule has 18 heavy (non-hydrogen) atoms. The number of hydrogen-bond donors (Lipinski definition) is 2. The molecule has 0 saturated heterocycles. The third-order valence-corrected chi connectivity index (χ3v) is 4.97. The lowest BCUT2D eigenvalue weighted by atomic mass is 10.1. The van der Waals surface area contributed by atoms with Gasteiger partial charge in [-0.3, -0.25) is 5.84 Å². The van der Waals surface area contributed by atoms with E-state index in [4.69, 9.17) is 5.84 Å². The lowest BCUT2D eigenvalue weighted by Gasteiger charge is -2.14. The molecule has 2 nitrogen and oxygen atoms in total. The van der Waals surface area contributed by atoms with Gasteiger partial charge < -0.3 is 0 Å². The zero-order valence-corrected chi connectivity index (χ0v) is 11.0.